The maximum atomic E-state index is 11.5. The molecule has 0 heterocycles. The first kappa shape index (κ1) is 13.7. The first-order valence-electron chi connectivity index (χ1n) is 6.91. The molecule has 4 heteroatoms. The maximum Gasteiger partial charge on any atom is 0.250 e. The molecule has 2 atom stereocenters. The number of anilines is 2. The molecule has 1 saturated carbocycles. The van der Waals surface area contributed by atoms with E-state index in [2.05, 4.69) is 11.8 Å². The van der Waals surface area contributed by atoms with Crippen LogP contribution in [-0.2, 0) is 0 Å². The van der Waals surface area contributed by atoms with Crippen LogP contribution in [0.5, 0.6) is 0 Å². The van der Waals surface area contributed by atoms with Gasteiger partial charge < -0.3 is 16.4 Å². The van der Waals surface area contributed by atoms with Gasteiger partial charge in [-0.15, -0.1) is 0 Å². The van der Waals surface area contributed by atoms with Crippen LogP contribution in [0.4, 0.5) is 11.4 Å². The lowest BCUT2D eigenvalue weighted by Gasteiger charge is -2.36. The summed E-state index contributed by atoms with van der Waals surface area (Å²) in [6.45, 7) is 2.29. The molecule has 104 valence electrons. The zero-order chi connectivity index (χ0) is 14.0. The highest BCUT2D eigenvalue weighted by Crippen LogP contribution is 2.32. The number of primary amides is 1. The molecule has 1 amide bonds. The quantitative estimate of drug-likeness (QED) is 0.820. The summed E-state index contributed by atoms with van der Waals surface area (Å²) < 4.78 is 0. The Hall–Kier alpha value is -1.71. The van der Waals surface area contributed by atoms with Gasteiger partial charge >= 0.3 is 0 Å². The number of hydrogen-bond donors (Lipinski definition) is 2. The van der Waals surface area contributed by atoms with Crippen LogP contribution in [0.3, 0.4) is 0 Å². The Morgan fingerprint density at radius 2 is 2.11 bits per heavy atom. The number of nitrogen functional groups attached to an aromatic ring is 1. The molecule has 4 N–H and O–H groups in total. The lowest BCUT2D eigenvalue weighted by molar-refractivity contribution is 0.100. The summed E-state index contributed by atoms with van der Waals surface area (Å²) in [7, 11) is 2.03. The van der Waals surface area contributed by atoms with Crippen molar-refractivity contribution in [2.75, 3.05) is 17.7 Å². The molecular weight excluding hydrogens is 238 g/mol. The van der Waals surface area contributed by atoms with Crippen LogP contribution in [-0.4, -0.2) is 19.0 Å². The molecule has 0 radical (unpaired) electrons. The van der Waals surface area contributed by atoms with Crippen LogP contribution >= 0.6 is 0 Å². The number of carbonyl (C=O) groups excluding carboxylic acids is 1. The van der Waals surface area contributed by atoms with Crippen molar-refractivity contribution in [2.24, 2.45) is 11.7 Å². The van der Waals surface area contributed by atoms with Crippen LogP contribution in [0, 0.1) is 5.92 Å². The van der Waals surface area contributed by atoms with E-state index < -0.39 is 5.91 Å². The third-order valence-electron chi connectivity index (χ3n) is 4.12. The third-order valence-corrected chi connectivity index (χ3v) is 4.12. The van der Waals surface area contributed by atoms with E-state index in [0.717, 1.165) is 24.4 Å². The standard InChI is InChI=1S/C15H23N3O/c1-10-4-3-5-12(8-10)18(2)14-9-11(16)6-7-13(14)15(17)19/h6-7,9-10,12H,3-5,8,16H2,1-2H3,(H2,17,19). The molecule has 0 spiro atoms. The number of hydrogen-bond acceptors (Lipinski definition) is 3. The molecule has 0 saturated heterocycles. The molecule has 2 rings (SSSR count). The number of nitrogens with zero attached hydrogens (tertiary/aromatic N) is 1. The Kier molecular flexibility index (Phi) is 3.98. The van der Waals surface area contributed by atoms with Crippen LogP contribution in [0.2, 0.25) is 0 Å². The van der Waals surface area contributed by atoms with E-state index in [1.165, 1.54) is 12.8 Å². The van der Waals surface area contributed by atoms with E-state index in [-0.39, 0.29) is 0 Å². The minimum Gasteiger partial charge on any atom is -0.399 e. The van der Waals surface area contributed by atoms with Crippen LogP contribution in [0.25, 0.3) is 0 Å². The summed E-state index contributed by atoms with van der Waals surface area (Å²) in [6.07, 6.45) is 4.85. The molecule has 1 aliphatic carbocycles. The second kappa shape index (κ2) is 5.51. The third kappa shape index (κ3) is 3.00. The molecule has 1 fully saturated rings. The topological polar surface area (TPSA) is 72.3 Å². The maximum absolute atomic E-state index is 11.5. The fraction of sp³-hybridized carbons (Fsp3) is 0.533. The van der Waals surface area contributed by atoms with Gasteiger partial charge in [0.2, 0.25) is 0 Å². The van der Waals surface area contributed by atoms with Crippen molar-refractivity contribution < 1.29 is 4.79 Å². The molecular formula is C15H23N3O. The Morgan fingerprint density at radius 1 is 1.37 bits per heavy atom. The van der Waals surface area contributed by atoms with Gasteiger partial charge in [0.05, 0.1) is 11.3 Å². The molecule has 1 aromatic rings. The Bertz CT molecular complexity index is 472. The number of benzene rings is 1. The molecule has 0 bridgehead atoms. The number of carbonyl (C=O) groups is 1. The van der Waals surface area contributed by atoms with E-state index in [9.17, 15) is 4.79 Å². The highest BCUT2D eigenvalue weighted by atomic mass is 16.1. The first-order valence-corrected chi connectivity index (χ1v) is 6.91. The zero-order valence-electron chi connectivity index (χ0n) is 11.7. The summed E-state index contributed by atoms with van der Waals surface area (Å²) in [5, 5.41) is 0. The highest BCUT2D eigenvalue weighted by molar-refractivity contribution is 5.99. The van der Waals surface area contributed by atoms with Crippen molar-refractivity contribution in [3.05, 3.63) is 23.8 Å². The molecule has 1 aromatic carbocycles. The van der Waals surface area contributed by atoms with E-state index in [1.807, 2.05) is 13.1 Å². The van der Waals surface area contributed by atoms with Crippen LogP contribution in [0.15, 0.2) is 18.2 Å². The lowest BCUT2D eigenvalue weighted by Crippen LogP contribution is -2.36. The van der Waals surface area contributed by atoms with Crippen molar-refractivity contribution in [3.8, 4) is 0 Å². The van der Waals surface area contributed by atoms with Crippen LogP contribution < -0.4 is 16.4 Å². The number of rotatable bonds is 3. The average molecular weight is 261 g/mol. The molecule has 0 aliphatic heterocycles. The summed E-state index contributed by atoms with van der Waals surface area (Å²) in [5.74, 6) is 0.338. The van der Waals surface area contributed by atoms with Gasteiger partial charge in [-0.25, -0.2) is 0 Å². The summed E-state index contributed by atoms with van der Waals surface area (Å²) in [4.78, 5) is 13.7. The molecule has 19 heavy (non-hydrogen) atoms. The van der Waals surface area contributed by atoms with E-state index in [4.69, 9.17) is 11.5 Å². The fourth-order valence-electron chi connectivity index (χ4n) is 3.00. The van der Waals surface area contributed by atoms with Crippen molar-refractivity contribution in [1.29, 1.82) is 0 Å². The fourth-order valence-corrected chi connectivity index (χ4v) is 3.00. The summed E-state index contributed by atoms with van der Waals surface area (Å²) in [6, 6.07) is 5.75. The van der Waals surface area contributed by atoms with Gasteiger partial charge in [-0.1, -0.05) is 19.8 Å². The van der Waals surface area contributed by atoms with Crippen molar-refractivity contribution in [2.45, 2.75) is 38.6 Å². The molecule has 4 nitrogen and oxygen atoms in total. The minimum absolute atomic E-state index is 0.397. The second-order valence-electron chi connectivity index (χ2n) is 5.68. The lowest BCUT2D eigenvalue weighted by atomic mass is 9.86. The monoisotopic (exact) mass is 261 g/mol. The van der Waals surface area contributed by atoms with Gasteiger partial charge in [0.15, 0.2) is 0 Å². The zero-order valence-corrected chi connectivity index (χ0v) is 11.7. The summed E-state index contributed by atoms with van der Waals surface area (Å²) >= 11 is 0. The number of amides is 1. The second-order valence-corrected chi connectivity index (χ2v) is 5.68. The Labute approximate surface area is 114 Å². The molecule has 1 aliphatic rings. The van der Waals surface area contributed by atoms with Gasteiger partial charge in [-0.2, -0.15) is 0 Å². The molecule has 0 aromatic heterocycles. The van der Waals surface area contributed by atoms with E-state index in [1.54, 1.807) is 12.1 Å². The van der Waals surface area contributed by atoms with Crippen molar-refractivity contribution >= 4 is 17.3 Å². The number of nitrogens with two attached hydrogens (primary N) is 2. The van der Waals surface area contributed by atoms with E-state index in [0.29, 0.717) is 17.3 Å². The van der Waals surface area contributed by atoms with Gasteiger partial charge in [-0.3, -0.25) is 4.79 Å². The van der Waals surface area contributed by atoms with E-state index >= 15 is 0 Å². The van der Waals surface area contributed by atoms with Crippen molar-refractivity contribution in [3.63, 3.8) is 0 Å². The normalized spacial score (nSPS) is 23.1. The molecule has 2 unspecified atom stereocenters. The highest BCUT2D eigenvalue weighted by Gasteiger charge is 2.24. The van der Waals surface area contributed by atoms with Gasteiger partial charge in [-0.05, 0) is 37.0 Å². The van der Waals surface area contributed by atoms with Gasteiger partial charge in [0.1, 0.15) is 0 Å². The first-order chi connectivity index (χ1) is 8.99. The predicted octanol–water partition coefficient (Wildman–Crippen LogP) is 2.38. The van der Waals surface area contributed by atoms with Crippen molar-refractivity contribution in [1.82, 2.24) is 0 Å². The Morgan fingerprint density at radius 3 is 2.74 bits per heavy atom. The Balaban J connectivity index is 2.29. The smallest absolute Gasteiger partial charge is 0.250 e. The average Bonchev–Trinajstić information content (AvgIpc) is 2.37. The van der Waals surface area contributed by atoms with Crippen LogP contribution in [0.1, 0.15) is 43.0 Å². The predicted molar refractivity (Wildman–Crippen MR) is 79.2 cm³/mol. The SMILES string of the molecule is CC1CCCC(N(C)c2cc(N)ccc2C(N)=O)C1. The largest absolute Gasteiger partial charge is 0.399 e. The van der Waals surface area contributed by atoms with Gasteiger partial charge in [0.25, 0.3) is 5.91 Å². The minimum atomic E-state index is -0.397. The summed E-state index contributed by atoms with van der Waals surface area (Å²) in [5.41, 5.74) is 13.4. The van der Waals surface area contributed by atoms with Gasteiger partial charge in [0, 0.05) is 18.8 Å².